The molecule has 1 saturated heterocycles. The number of aliphatic hydroxyl groups is 1. The van der Waals surface area contributed by atoms with Gasteiger partial charge in [-0.3, -0.25) is 0 Å². The van der Waals surface area contributed by atoms with E-state index in [1.807, 2.05) is 6.07 Å². The lowest BCUT2D eigenvalue weighted by Gasteiger charge is -2.25. The van der Waals surface area contributed by atoms with Gasteiger partial charge < -0.3 is 10.0 Å². The molecule has 106 valence electrons. The van der Waals surface area contributed by atoms with Crippen LogP contribution in [0.2, 0.25) is 0 Å². The molecule has 1 N–H and O–H groups in total. The quantitative estimate of drug-likeness (QED) is 0.896. The molecule has 1 atom stereocenters. The molecular weight excluding hydrogens is 241 g/mol. The van der Waals surface area contributed by atoms with Gasteiger partial charge in [-0.2, -0.15) is 0 Å². The molecule has 0 bridgehead atoms. The van der Waals surface area contributed by atoms with E-state index >= 15 is 0 Å². The molecule has 1 aliphatic rings. The summed E-state index contributed by atoms with van der Waals surface area (Å²) in [5, 5.41) is 9.39. The van der Waals surface area contributed by atoms with E-state index in [1.54, 1.807) is 6.07 Å². The minimum Gasteiger partial charge on any atom is -0.392 e. The van der Waals surface area contributed by atoms with Gasteiger partial charge in [-0.25, -0.2) is 4.39 Å². The number of hydrogen-bond acceptors (Lipinski definition) is 2. The van der Waals surface area contributed by atoms with Crippen molar-refractivity contribution in [2.45, 2.75) is 45.6 Å². The first-order valence-electron chi connectivity index (χ1n) is 7.39. The Morgan fingerprint density at radius 3 is 2.89 bits per heavy atom. The number of halogens is 1. The molecule has 2 nitrogen and oxygen atoms in total. The minimum atomic E-state index is -0.208. The van der Waals surface area contributed by atoms with E-state index in [0.717, 1.165) is 31.8 Å². The lowest BCUT2D eigenvalue weighted by atomic mass is 9.96. The highest BCUT2D eigenvalue weighted by molar-refractivity contribution is 5.54. The molecule has 1 unspecified atom stereocenters. The van der Waals surface area contributed by atoms with Gasteiger partial charge in [-0.15, -0.1) is 0 Å². The third-order valence-electron chi connectivity index (χ3n) is 4.10. The van der Waals surface area contributed by atoms with E-state index in [2.05, 4.69) is 11.8 Å². The molecule has 3 heteroatoms. The lowest BCUT2D eigenvalue weighted by molar-refractivity contribution is 0.281. The van der Waals surface area contributed by atoms with Crippen molar-refractivity contribution in [3.05, 3.63) is 29.6 Å². The predicted molar refractivity (Wildman–Crippen MR) is 76.8 cm³/mol. The molecule has 1 aromatic carbocycles. The van der Waals surface area contributed by atoms with Gasteiger partial charge in [0.25, 0.3) is 0 Å². The van der Waals surface area contributed by atoms with Crippen LogP contribution in [0, 0.1) is 11.7 Å². The lowest BCUT2D eigenvalue weighted by Crippen LogP contribution is -2.26. The summed E-state index contributed by atoms with van der Waals surface area (Å²) < 4.78 is 14.0. The molecule has 0 amide bonds. The van der Waals surface area contributed by atoms with E-state index in [4.69, 9.17) is 0 Å². The molecule has 0 radical (unpaired) electrons. The fraction of sp³-hybridized carbons (Fsp3) is 0.625. The molecule has 0 saturated carbocycles. The van der Waals surface area contributed by atoms with Crippen molar-refractivity contribution in [3.63, 3.8) is 0 Å². The zero-order chi connectivity index (χ0) is 13.7. The maximum atomic E-state index is 14.0. The van der Waals surface area contributed by atoms with Crippen LogP contribution in [0.3, 0.4) is 0 Å². The molecule has 0 aliphatic carbocycles. The normalized spacial score (nSPS) is 20.4. The third-order valence-corrected chi connectivity index (χ3v) is 4.10. The van der Waals surface area contributed by atoms with Crippen LogP contribution in [-0.2, 0) is 6.61 Å². The fourth-order valence-corrected chi connectivity index (χ4v) is 3.13. The largest absolute Gasteiger partial charge is 0.392 e. The number of hydrogen-bond donors (Lipinski definition) is 1. The van der Waals surface area contributed by atoms with E-state index in [0.29, 0.717) is 11.3 Å². The summed E-state index contributed by atoms with van der Waals surface area (Å²) in [5.41, 5.74) is 1.32. The van der Waals surface area contributed by atoms with E-state index < -0.39 is 0 Å². The van der Waals surface area contributed by atoms with Gasteiger partial charge in [-0.05, 0) is 31.2 Å². The Bertz CT molecular complexity index is 408. The number of para-hydroxylation sites is 1. The van der Waals surface area contributed by atoms with E-state index in [-0.39, 0.29) is 12.4 Å². The maximum Gasteiger partial charge on any atom is 0.146 e. The summed E-state index contributed by atoms with van der Waals surface area (Å²) >= 11 is 0. The van der Waals surface area contributed by atoms with Crippen molar-refractivity contribution in [1.29, 1.82) is 0 Å². The van der Waals surface area contributed by atoms with E-state index in [9.17, 15) is 9.50 Å². The summed E-state index contributed by atoms with van der Waals surface area (Å²) in [6.45, 7) is 3.93. The molecular formula is C16H24FNO. The second-order valence-corrected chi connectivity index (χ2v) is 5.48. The Labute approximate surface area is 115 Å². The molecule has 1 heterocycles. The Hall–Kier alpha value is -1.09. The van der Waals surface area contributed by atoms with Crippen LogP contribution in [0.4, 0.5) is 10.1 Å². The smallest absolute Gasteiger partial charge is 0.146 e. The Balaban J connectivity index is 2.14. The summed E-state index contributed by atoms with van der Waals surface area (Å²) in [6.07, 6.45) is 5.99. The first-order chi connectivity index (χ1) is 9.26. The SMILES string of the molecule is CCCC1CCCN(c2c(F)cccc2CO)CC1. The van der Waals surface area contributed by atoms with Gasteiger partial charge in [0, 0.05) is 18.7 Å². The molecule has 0 spiro atoms. The molecule has 19 heavy (non-hydrogen) atoms. The van der Waals surface area contributed by atoms with Crippen molar-refractivity contribution >= 4 is 5.69 Å². The molecule has 2 rings (SSSR count). The zero-order valence-corrected chi connectivity index (χ0v) is 11.7. The second-order valence-electron chi connectivity index (χ2n) is 5.48. The number of rotatable bonds is 4. The molecule has 1 fully saturated rings. The number of anilines is 1. The fourth-order valence-electron chi connectivity index (χ4n) is 3.13. The Kier molecular flexibility index (Phi) is 5.20. The summed E-state index contributed by atoms with van der Waals surface area (Å²) in [6, 6.07) is 4.97. The van der Waals surface area contributed by atoms with Crippen molar-refractivity contribution in [1.82, 2.24) is 0 Å². The van der Waals surface area contributed by atoms with Crippen LogP contribution >= 0.6 is 0 Å². The standard InChI is InChI=1S/C16H24FNO/c1-2-5-13-6-4-10-18(11-9-13)16-14(12-19)7-3-8-15(16)17/h3,7-8,13,19H,2,4-6,9-12H2,1H3. The second kappa shape index (κ2) is 6.90. The topological polar surface area (TPSA) is 23.5 Å². The summed E-state index contributed by atoms with van der Waals surface area (Å²) in [7, 11) is 0. The maximum absolute atomic E-state index is 14.0. The third kappa shape index (κ3) is 3.47. The average Bonchev–Trinajstić information content (AvgIpc) is 2.64. The van der Waals surface area contributed by atoms with Crippen molar-refractivity contribution in [3.8, 4) is 0 Å². The van der Waals surface area contributed by atoms with Gasteiger partial charge >= 0.3 is 0 Å². The highest BCUT2D eigenvalue weighted by atomic mass is 19.1. The van der Waals surface area contributed by atoms with Crippen LogP contribution in [-0.4, -0.2) is 18.2 Å². The van der Waals surface area contributed by atoms with Crippen LogP contribution < -0.4 is 4.90 Å². The van der Waals surface area contributed by atoms with E-state index in [1.165, 1.54) is 25.3 Å². The highest BCUT2D eigenvalue weighted by Crippen LogP contribution is 2.29. The number of aliphatic hydroxyl groups excluding tert-OH is 1. The van der Waals surface area contributed by atoms with Gasteiger partial charge in [0.05, 0.1) is 12.3 Å². The average molecular weight is 265 g/mol. The zero-order valence-electron chi connectivity index (χ0n) is 11.7. The molecule has 1 aromatic rings. The summed E-state index contributed by atoms with van der Waals surface area (Å²) in [4.78, 5) is 2.12. The Morgan fingerprint density at radius 1 is 1.32 bits per heavy atom. The van der Waals surface area contributed by atoms with Crippen molar-refractivity contribution < 1.29 is 9.50 Å². The summed E-state index contributed by atoms with van der Waals surface area (Å²) in [5.74, 6) is 0.569. The van der Waals surface area contributed by atoms with Gasteiger partial charge in [0.15, 0.2) is 0 Å². The highest BCUT2D eigenvalue weighted by Gasteiger charge is 2.20. The van der Waals surface area contributed by atoms with Crippen LogP contribution in [0.1, 0.15) is 44.6 Å². The van der Waals surface area contributed by atoms with Gasteiger partial charge in [0.1, 0.15) is 5.82 Å². The minimum absolute atomic E-state index is 0.0953. The van der Waals surface area contributed by atoms with Gasteiger partial charge in [0.2, 0.25) is 0 Å². The van der Waals surface area contributed by atoms with Crippen molar-refractivity contribution in [2.24, 2.45) is 5.92 Å². The Morgan fingerprint density at radius 2 is 2.16 bits per heavy atom. The van der Waals surface area contributed by atoms with Crippen LogP contribution in [0.15, 0.2) is 18.2 Å². The van der Waals surface area contributed by atoms with Crippen LogP contribution in [0.25, 0.3) is 0 Å². The molecule has 1 aliphatic heterocycles. The molecule has 0 aromatic heterocycles. The predicted octanol–water partition coefficient (Wildman–Crippen LogP) is 3.72. The number of benzene rings is 1. The van der Waals surface area contributed by atoms with Gasteiger partial charge in [-0.1, -0.05) is 31.9 Å². The first kappa shape index (κ1) is 14.3. The first-order valence-corrected chi connectivity index (χ1v) is 7.39. The van der Waals surface area contributed by atoms with Crippen molar-refractivity contribution in [2.75, 3.05) is 18.0 Å². The number of nitrogens with zero attached hydrogens (tertiary/aromatic N) is 1. The monoisotopic (exact) mass is 265 g/mol. The van der Waals surface area contributed by atoms with Crippen LogP contribution in [0.5, 0.6) is 0 Å².